The van der Waals surface area contributed by atoms with Gasteiger partial charge in [0.2, 0.25) is 5.91 Å². The molecule has 0 unspecified atom stereocenters. The van der Waals surface area contributed by atoms with Crippen molar-refractivity contribution in [1.82, 2.24) is 10.2 Å². The second kappa shape index (κ2) is 14.7. The van der Waals surface area contributed by atoms with E-state index in [2.05, 4.69) is 5.32 Å². The molecule has 8 heteroatoms. The summed E-state index contributed by atoms with van der Waals surface area (Å²) in [7, 11) is 1.57. The van der Waals surface area contributed by atoms with Crippen molar-refractivity contribution in [2.24, 2.45) is 0 Å². The number of hydrogen-bond donors (Lipinski definition) is 1. The Bertz CT molecular complexity index is 1080. The number of nitrogens with zero attached hydrogens (tertiary/aromatic N) is 1. The Morgan fingerprint density at radius 1 is 0.833 bits per heavy atom. The zero-order valence-electron chi connectivity index (χ0n) is 20.2. The van der Waals surface area contributed by atoms with Crippen molar-refractivity contribution in [1.29, 1.82) is 0 Å². The minimum absolute atomic E-state index is 0.148. The van der Waals surface area contributed by atoms with Crippen molar-refractivity contribution in [2.75, 3.05) is 32.6 Å². The first kappa shape index (κ1) is 27.0. The lowest BCUT2D eigenvalue weighted by molar-refractivity contribution is -0.135. The molecule has 0 heterocycles. The van der Waals surface area contributed by atoms with Gasteiger partial charge in [0.25, 0.3) is 5.91 Å². The van der Waals surface area contributed by atoms with Crippen LogP contribution < -0.4 is 5.32 Å². The molecule has 3 aromatic carbocycles. The van der Waals surface area contributed by atoms with Gasteiger partial charge in [0.05, 0.1) is 17.9 Å². The van der Waals surface area contributed by atoms with Crippen molar-refractivity contribution in [3.05, 3.63) is 102 Å². The third-order valence-corrected chi connectivity index (χ3v) is 6.28. The summed E-state index contributed by atoms with van der Waals surface area (Å²) in [5.41, 5.74) is 2.29. The summed E-state index contributed by atoms with van der Waals surface area (Å²) in [4.78, 5) is 40.2. The fourth-order valence-corrected chi connectivity index (χ4v) is 4.25. The van der Waals surface area contributed by atoms with E-state index in [1.54, 1.807) is 36.3 Å². The highest BCUT2D eigenvalue weighted by atomic mass is 32.2. The van der Waals surface area contributed by atoms with Crippen LogP contribution in [0.1, 0.15) is 21.5 Å². The van der Waals surface area contributed by atoms with Gasteiger partial charge in [-0.15, -0.1) is 11.8 Å². The van der Waals surface area contributed by atoms with Crippen molar-refractivity contribution in [2.45, 2.75) is 18.0 Å². The number of esters is 1. The Balaban J connectivity index is 1.61. The Morgan fingerprint density at radius 2 is 1.42 bits per heavy atom. The Kier molecular flexibility index (Phi) is 11.0. The Hall–Kier alpha value is -3.62. The predicted octanol–water partition coefficient (Wildman–Crippen LogP) is 3.93. The van der Waals surface area contributed by atoms with E-state index < -0.39 is 5.97 Å². The molecule has 0 spiro atoms. The molecule has 0 fully saturated rings. The van der Waals surface area contributed by atoms with Gasteiger partial charge < -0.3 is 19.7 Å². The molecule has 188 valence electrons. The molecular weight excluding hydrogens is 476 g/mol. The van der Waals surface area contributed by atoms with Gasteiger partial charge in [-0.05, 0) is 23.3 Å². The summed E-state index contributed by atoms with van der Waals surface area (Å²) in [5, 5.41) is 2.74. The number of benzene rings is 3. The topological polar surface area (TPSA) is 84.9 Å². The van der Waals surface area contributed by atoms with Crippen LogP contribution >= 0.6 is 11.8 Å². The minimum atomic E-state index is -0.606. The van der Waals surface area contributed by atoms with Crippen LogP contribution in [0.5, 0.6) is 0 Å². The Labute approximate surface area is 215 Å². The zero-order chi connectivity index (χ0) is 25.6. The van der Waals surface area contributed by atoms with Crippen LogP contribution in [0.4, 0.5) is 0 Å². The number of methoxy groups -OCH3 is 1. The summed E-state index contributed by atoms with van der Waals surface area (Å²) in [6, 6.07) is 26.2. The van der Waals surface area contributed by atoms with Crippen LogP contribution in [0.2, 0.25) is 0 Å². The number of thioether (sulfide) groups is 1. The van der Waals surface area contributed by atoms with Crippen molar-refractivity contribution < 1.29 is 23.9 Å². The van der Waals surface area contributed by atoms with E-state index in [9.17, 15) is 14.4 Å². The molecule has 2 amide bonds. The van der Waals surface area contributed by atoms with Gasteiger partial charge in [0.15, 0.2) is 6.61 Å². The fourth-order valence-electron chi connectivity index (χ4n) is 3.38. The largest absolute Gasteiger partial charge is 0.452 e. The lowest BCUT2D eigenvalue weighted by atomic mass is 10.1. The molecule has 0 saturated heterocycles. The van der Waals surface area contributed by atoms with Crippen molar-refractivity contribution in [3.8, 4) is 0 Å². The molecule has 36 heavy (non-hydrogen) atoms. The van der Waals surface area contributed by atoms with E-state index in [4.69, 9.17) is 9.47 Å². The van der Waals surface area contributed by atoms with Gasteiger partial charge in [-0.3, -0.25) is 9.59 Å². The van der Waals surface area contributed by atoms with E-state index in [0.29, 0.717) is 36.7 Å². The van der Waals surface area contributed by atoms with Crippen molar-refractivity contribution in [3.63, 3.8) is 0 Å². The van der Waals surface area contributed by atoms with Gasteiger partial charge in [-0.2, -0.15) is 0 Å². The third-order valence-electron chi connectivity index (χ3n) is 5.21. The van der Waals surface area contributed by atoms with E-state index in [-0.39, 0.29) is 24.2 Å². The van der Waals surface area contributed by atoms with E-state index >= 15 is 0 Å². The first-order valence-electron chi connectivity index (χ1n) is 11.6. The molecular formula is C28H30N2O5S. The number of amides is 2. The number of nitrogens with one attached hydrogen (secondary N) is 1. The van der Waals surface area contributed by atoms with Gasteiger partial charge in [0, 0.05) is 31.6 Å². The lowest BCUT2D eigenvalue weighted by Gasteiger charge is -2.23. The van der Waals surface area contributed by atoms with Crippen molar-refractivity contribution >= 4 is 29.5 Å². The molecule has 0 radical (unpaired) electrons. The van der Waals surface area contributed by atoms with Gasteiger partial charge in [-0.1, -0.05) is 72.8 Å². The summed E-state index contributed by atoms with van der Waals surface area (Å²) >= 11 is 1.24. The summed E-state index contributed by atoms with van der Waals surface area (Å²) < 4.78 is 10.3. The van der Waals surface area contributed by atoms with Crippen LogP contribution in [-0.4, -0.2) is 55.3 Å². The van der Waals surface area contributed by atoms with Crippen LogP contribution in [0.25, 0.3) is 0 Å². The van der Waals surface area contributed by atoms with Gasteiger partial charge in [-0.25, -0.2) is 4.79 Å². The smallest absolute Gasteiger partial charge is 0.339 e. The number of carbonyl (C=O) groups is 3. The normalized spacial score (nSPS) is 10.5. The van der Waals surface area contributed by atoms with Crippen LogP contribution in [0.15, 0.2) is 89.8 Å². The number of hydrogen-bond acceptors (Lipinski definition) is 6. The average molecular weight is 507 g/mol. The zero-order valence-corrected chi connectivity index (χ0v) is 21.0. The summed E-state index contributed by atoms with van der Waals surface area (Å²) in [5.74, 6) is -0.910. The number of rotatable bonds is 13. The maximum atomic E-state index is 13.1. The van der Waals surface area contributed by atoms with Crippen LogP contribution in [0.3, 0.4) is 0 Å². The summed E-state index contributed by atoms with van der Waals surface area (Å²) in [6.07, 6.45) is 0. The van der Waals surface area contributed by atoms with E-state index in [1.807, 2.05) is 60.7 Å². The van der Waals surface area contributed by atoms with E-state index in [0.717, 1.165) is 11.1 Å². The first-order valence-corrected chi connectivity index (χ1v) is 12.6. The quantitative estimate of drug-likeness (QED) is 0.215. The number of ether oxygens (including phenoxy) is 2. The highest BCUT2D eigenvalue weighted by molar-refractivity contribution is 8.00. The standard InChI is InChI=1S/C28H30N2O5S/c1-34-17-16-29-26(31)21-36-25-15-9-8-14-24(25)28(33)35-20-27(32)30(18-22-10-4-2-5-11-22)19-23-12-6-3-7-13-23/h2-15H,16-21H2,1H3,(H,29,31). The Morgan fingerprint density at radius 3 is 2.03 bits per heavy atom. The van der Waals surface area contributed by atoms with Crippen LogP contribution in [0, 0.1) is 0 Å². The lowest BCUT2D eigenvalue weighted by Crippen LogP contribution is -2.34. The molecule has 7 nitrogen and oxygen atoms in total. The molecule has 0 aliphatic heterocycles. The van der Waals surface area contributed by atoms with Gasteiger partial charge in [0.1, 0.15) is 0 Å². The number of carbonyl (C=O) groups excluding carboxylic acids is 3. The molecule has 3 aromatic rings. The van der Waals surface area contributed by atoms with E-state index in [1.165, 1.54) is 11.8 Å². The average Bonchev–Trinajstić information content (AvgIpc) is 2.91. The summed E-state index contributed by atoms with van der Waals surface area (Å²) in [6.45, 7) is 1.27. The van der Waals surface area contributed by atoms with Crippen LogP contribution in [-0.2, 0) is 32.2 Å². The molecule has 1 N–H and O–H groups in total. The molecule has 0 atom stereocenters. The first-order chi connectivity index (χ1) is 17.6. The minimum Gasteiger partial charge on any atom is -0.452 e. The molecule has 0 aliphatic rings. The second-order valence-corrected chi connectivity index (χ2v) is 8.94. The molecule has 0 aliphatic carbocycles. The monoisotopic (exact) mass is 506 g/mol. The predicted molar refractivity (Wildman–Crippen MR) is 139 cm³/mol. The van der Waals surface area contributed by atoms with Gasteiger partial charge >= 0.3 is 5.97 Å². The molecule has 0 bridgehead atoms. The maximum absolute atomic E-state index is 13.1. The molecule has 3 rings (SSSR count). The second-order valence-electron chi connectivity index (χ2n) is 7.92. The maximum Gasteiger partial charge on any atom is 0.339 e. The third kappa shape index (κ3) is 8.87. The molecule has 0 saturated carbocycles. The molecule has 0 aromatic heterocycles. The highest BCUT2D eigenvalue weighted by Gasteiger charge is 2.19. The SMILES string of the molecule is COCCNC(=O)CSc1ccccc1C(=O)OCC(=O)N(Cc1ccccc1)Cc1ccccc1. The highest BCUT2D eigenvalue weighted by Crippen LogP contribution is 2.23. The fraction of sp³-hybridized carbons (Fsp3) is 0.250.